The van der Waals surface area contributed by atoms with Gasteiger partial charge in [-0.25, -0.2) is 9.59 Å². The minimum Gasteiger partial charge on any atom is -0.862 e. The van der Waals surface area contributed by atoms with Crippen LogP contribution in [0.4, 0.5) is 0 Å². The van der Waals surface area contributed by atoms with Gasteiger partial charge >= 0.3 is 46.9 Å². The Bertz CT molecular complexity index is 1120. The van der Waals surface area contributed by atoms with Gasteiger partial charge in [-0.15, -0.1) is 0 Å². The fourth-order valence-electron chi connectivity index (χ4n) is 3.73. The fourth-order valence-corrected chi connectivity index (χ4v) is 3.73. The molecule has 0 saturated carbocycles. The first kappa shape index (κ1) is 31.0. The Kier molecular flexibility index (Phi) is 10.8. The molecule has 2 aromatic rings. The number of aliphatic carboxylic acids is 1. The second kappa shape index (κ2) is 12.3. The van der Waals surface area contributed by atoms with E-state index in [0.717, 1.165) is 6.92 Å². The number of carboxylic acids is 1. The number of benzene rings is 1. The molecule has 0 unspecified atom stereocenters. The topological polar surface area (TPSA) is 234 Å². The first-order chi connectivity index (χ1) is 15.5. The quantitative estimate of drug-likeness (QED) is 0.103. The number of carbonyl (C=O) groups is 1. The SMILES string of the molecule is CC([O-])=N[C@H]1[C@H]([C@H](O)[C@H](O)CO)O[C@](Oc2ccc3c(C)cc(=O)oc3c2)(C(=O)O)C[C@@H]1O.O.[Na+]. The number of aliphatic hydroxyl groups excluding tert-OH is 4. The summed E-state index contributed by atoms with van der Waals surface area (Å²) in [7, 11) is 0. The van der Waals surface area contributed by atoms with Crippen LogP contribution in [0.15, 0.2) is 38.5 Å². The van der Waals surface area contributed by atoms with Crippen LogP contribution in [0.3, 0.4) is 0 Å². The van der Waals surface area contributed by atoms with E-state index in [1.54, 1.807) is 6.92 Å². The molecule has 0 aliphatic carbocycles. The molecule has 1 aromatic heterocycles. The largest absolute Gasteiger partial charge is 1.00 e. The number of fused-ring (bicyclic) bond motifs is 1. The summed E-state index contributed by atoms with van der Waals surface area (Å²) in [6.07, 6.45) is -7.76. The summed E-state index contributed by atoms with van der Waals surface area (Å²) in [6, 6.07) is 4.05. The first-order valence-corrected chi connectivity index (χ1v) is 9.98. The van der Waals surface area contributed by atoms with Crippen LogP contribution in [0, 0.1) is 6.92 Å². The van der Waals surface area contributed by atoms with Crippen molar-refractivity contribution in [3.8, 4) is 5.75 Å². The van der Waals surface area contributed by atoms with Gasteiger partial charge in [0.2, 0.25) is 0 Å². The predicted octanol–water partition coefficient (Wildman–Crippen LogP) is -5.55. The van der Waals surface area contributed by atoms with Gasteiger partial charge in [0.05, 0.1) is 19.1 Å². The van der Waals surface area contributed by atoms with E-state index in [4.69, 9.17) is 13.9 Å². The molecular formula is C21H26NNaO12. The van der Waals surface area contributed by atoms with Gasteiger partial charge in [-0.3, -0.25) is 4.99 Å². The van der Waals surface area contributed by atoms with Crippen LogP contribution < -0.4 is 45.0 Å². The van der Waals surface area contributed by atoms with Crippen LogP contribution in [-0.4, -0.2) is 85.7 Å². The summed E-state index contributed by atoms with van der Waals surface area (Å²) in [5, 5.41) is 62.1. The van der Waals surface area contributed by atoms with Crippen molar-refractivity contribution in [2.24, 2.45) is 4.99 Å². The van der Waals surface area contributed by atoms with Crippen molar-refractivity contribution < 1.29 is 84.4 Å². The number of carboxylic acid groups (broad SMARTS) is 1. The predicted molar refractivity (Wildman–Crippen MR) is 113 cm³/mol. The monoisotopic (exact) mass is 507 g/mol. The number of aryl methyl sites for hydroxylation is 1. The van der Waals surface area contributed by atoms with Crippen molar-refractivity contribution in [1.82, 2.24) is 0 Å². The van der Waals surface area contributed by atoms with Gasteiger partial charge in [-0.1, -0.05) is 0 Å². The molecule has 1 aliphatic heterocycles. The smallest absolute Gasteiger partial charge is 0.862 e. The number of nitrogens with zero attached hydrogens (tertiary/aromatic N) is 1. The van der Waals surface area contributed by atoms with Gasteiger partial charge in [-0.05, 0) is 37.4 Å². The summed E-state index contributed by atoms with van der Waals surface area (Å²) in [5.41, 5.74) is 0.121. The molecule has 0 spiro atoms. The minimum atomic E-state index is -2.57. The van der Waals surface area contributed by atoms with Crippen LogP contribution in [0.25, 0.3) is 11.0 Å². The van der Waals surface area contributed by atoms with Crippen LogP contribution in [0.1, 0.15) is 18.9 Å². The molecule has 3 rings (SSSR count). The van der Waals surface area contributed by atoms with E-state index in [-0.39, 0.29) is 46.4 Å². The van der Waals surface area contributed by atoms with Gasteiger partial charge in [0.1, 0.15) is 35.7 Å². The molecule has 0 bridgehead atoms. The van der Waals surface area contributed by atoms with Crippen LogP contribution in [0.2, 0.25) is 0 Å². The number of ether oxygens (including phenoxy) is 2. The van der Waals surface area contributed by atoms with E-state index in [9.17, 15) is 40.2 Å². The Morgan fingerprint density at radius 3 is 2.57 bits per heavy atom. The third kappa shape index (κ3) is 6.58. The second-order valence-electron chi connectivity index (χ2n) is 7.80. The van der Waals surface area contributed by atoms with E-state index >= 15 is 0 Å². The third-order valence-electron chi connectivity index (χ3n) is 5.32. The van der Waals surface area contributed by atoms with Gasteiger partial charge in [0.25, 0.3) is 0 Å². The molecular weight excluding hydrogens is 481 g/mol. The zero-order chi connectivity index (χ0) is 24.5. The zero-order valence-corrected chi connectivity index (χ0v) is 21.2. The molecule has 1 saturated heterocycles. The van der Waals surface area contributed by atoms with Gasteiger partial charge in [-0.2, -0.15) is 0 Å². The number of hydrogen-bond donors (Lipinski definition) is 5. The molecule has 6 atom stereocenters. The summed E-state index contributed by atoms with van der Waals surface area (Å²) in [6.45, 7) is 1.86. The number of aliphatic hydroxyl groups is 4. The van der Waals surface area contributed by atoms with E-state index in [2.05, 4.69) is 4.99 Å². The molecule has 1 aliphatic rings. The molecule has 7 N–H and O–H groups in total. The standard InChI is InChI=1S/C21H25NO11.Na.H2O/c1-9-5-16(27)31-15-6-11(3-4-12(9)15)32-21(20(29)30)7-13(25)17(22-10(2)24)19(33-21)18(28)14(26)8-23;;/h3-6,13-14,17-19,23,25-26,28H,7-8H2,1-2H3,(H,22,24)(H,29,30);;1H2/q;+1;/p-1/t13-,14+,17+,18+,19+,21-;;/m0../s1. The minimum absolute atomic E-state index is 0. The first-order valence-electron chi connectivity index (χ1n) is 9.98. The Morgan fingerprint density at radius 2 is 2.00 bits per heavy atom. The van der Waals surface area contributed by atoms with Crippen LogP contribution in [-0.2, 0) is 9.53 Å². The summed E-state index contributed by atoms with van der Waals surface area (Å²) >= 11 is 0. The van der Waals surface area contributed by atoms with E-state index in [0.29, 0.717) is 10.9 Å². The Hall–Kier alpha value is -2.07. The average Bonchev–Trinajstić information content (AvgIpc) is 2.73. The van der Waals surface area contributed by atoms with E-state index in [1.165, 1.54) is 24.3 Å². The third-order valence-corrected chi connectivity index (χ3v) is 5.32. The fraction of sp³-hybridized carbons (Fsp3) is 0.476. The maximum atomic E-state index is 12.2. The van der Waals surface area contributed by atoms with Gasteiger partial charge in [0.15, 0.2) is 0 Å². The molecule has 0 radical (unpaired) electrons. The summed E-state index contributed by atoms with van der Waals surface area (Å²) in [5.74, 6) is -5.07. The maximum absolute atomic E-state index is 12.2. The van der Waals surface area contributed by atoms with Crippen molar-refractivity contribution in [2.75, 3.05) is 6.61 Å². The molecule has 1 aromatic carbocycles. The molecule has 2 heterocycles. The molecule has 0 amide bonds. The summed E-state index contributed by atoms with van der Waals surface area (Å²) in [4.78, 5) is 27.6. The van der Waals surface area contributed by atoms with Gasteiger partial charge in [0, 0.05) is 17.5 Å². The normalized spacial score (nSPS) is 26.2. The number of rotatable bonds is 7. The molecule has 1 fully saturated rings. The number of aliphatic imine (C=N–C) groups is 1. The molecule has 13 nitrogen and oxygen atoms in total. The van der Waals surface area contributed by atoms with Gasteiger partial charge < -0.3 is 50.0 Å². The van der Waals surface area contributed by atoms with Crippen molar-refractivity contribution in [3.05, 3.63) is 40.2 Å². The van der Waals surface area contributed by atoms with E-state index < -0.39 is 66.8 Å². The van der Waals surface area contributed by atoms with E-state index in [1.807, 2.05) is 0 Å². The van der Waals surface area contributed by atoms with Crippen LogP contribution >= 0.6 is 0 Å². The van der Waals surface area contributed by atoms with Crippen molar-refractivity contribution in [2.45, 2.75) is 56.5 Å². The Balaban J connectivity index is 0.00000306. The summed E-state index contributed by atoms with van der Waals surface area (Å²) < 4.78 is 16.2. The maximum Gasteiger partial charge on any atom is 1.00 e. The zero-order valence-electron chi connectivity index (χ0n) is 19.2. The number of hydrogen-bond acceptors (Lipinski definition) is 11. The Labute approximate surface area is 220 Å². The average molecular weight is 507 g/mol. The molecule has 188 valence electrons. The van der Waals surface area contributed by atoms with Crippen LogP contribution in [0.5, 0.6) is 5.75 Å². The van der Waals surface area contributed by atoms with Crippen molar-refractivity contribution in [1.29, 1.82) is 0 Å². The second-order valence-corrected chi connectivity index (χ2v) is 7.80. The molecule has 14 heteroatoms. The van der Waals surface area contributed by atoms with Crippen molar-refractivity contribution in [3.63, 3.8) is 0 Å². The van der Waals surface area contributed by atoms with Crippen molar-refractivity contribution >= 4 is 22.8 Å². The Morgan fingerprint density at radius 1 is 1.34 bits per heavy atom. The molecule has 35 heavy (non-hydrogen) atoms.